The van der Waals surface area contributed by atoms with E-state index in [2.05, 4.69) is 15.1 Å². The van der Waals surface area contributed by atoms with Crippen LogP contribution in [0.25, 0.3) is 10.6 Å². The lowest BCUT2D eigenvalue weighted by Crippen LogP contribution is -2.06. The van der Waals surface area contributed by atoms with E-state index >= 15 is 0 Å². The zero-order chi connectivity index (χ0) is 17.1. The van der Waals surface area contributed by atoms with Crippen LogP contribution >= 0.6 is 11.3 Å². The van der Waals surface area contributed by atoms with Gasteiger partial charge < -0.3 is 9.26 Å². The summed E-state index contributed by atoms with van der Waals surface area (Å²) in [6.45, 7) is 5.89. The van der Waals surface area contributed by atoms with Crippen molar-refractivity contribution in [2.75, 3.05) is 0 Å². The molecule has 0 aliphatic rings. The highest BCUT2D eigenvalue weighted by atomic mass is 32.1. The lowest BCUT2D eigenvalue weighted by atomic mass is 10.2. The molecule has 3 rings (SSSR count). The molecule has 2 aromatic heterocycles. The van der Waals surface area contributed by atoms with Crippen molar-refractivity contribution in [2.45, 2.75) is 33.3 Å². The molecule has 1 aromatic carbocycles. The van der Waals surface area contributed by atoms with Gasteiger partial charge in [-0.05, 0) is 6.92 Å². The predicted molar refractivity (Wildman–Crippen MR) is 89.8 cm³/mol. The Labute approximate surface area is 143 Å². The molecular formula is C17H17N3O3S. The molecule has 0 fully saturated rings. The van der Waals surface area contributed by atoms with Gasteiger partial charge in [0, 0.05) is 16.9 Å². The first-order chi connectivity index (χ1) is 11.5. The third-order valence-corrected chi connectivity index (χ3v) is 4.23. The van der Waals surface area contributed by atoms with Crippen molar-refractivity contribution in [3.63, 3.8) is 0 Å². The second-order valence-corrected chi connectivity index (χ2v) is 6.54. The van der Waals surface area contributed by atoms with E-state index in [0.29, 0.717) is 5.82 Å². The van der Waals surface area contributed by atoms with Crippen LogP contribution in [-0.2, 0) is 11.3 Å². The van der Waals surface area contributed by atoms with Crippen LogP contribution in [-0.4, -0.2) is 21.1 Å². The number of esters is 1. The molecule has 0 saturated heterocycles. The van der Waals surface area contributed by atoms with Crippen molar-refractivity contribution in [2.24, 2.45) is 0 Å². The summed E-state index contributed by atoms with van der Waals surface area (Å²) < 4.78 is 10.2. The molecule has 24 heavy (non-hydrogen) atoms. The third kappa shape index (κ3) is 3.68. The van der Waals surface area contributed by atoms with Crippen LogP contribution in [0.5, 0.6) is 0 Å². The average molecular weight is 343 g/mol. The van der Waals surface area contributed by atoms with Gasteiger partial charge in [-0.15, -0.1) is 11.3 Å². The normalized spacial score (nSPS) is 11.0. The minimum atomic E-state index is -0.506. The topological polar surface area (TPSA) is 78.1 Å². The predicted octanol–water partition coefficient (Wildman–Crippen LogP) is 3.98. The molecule has 0 saturated carbocycles. The summed E-state index contributed by atoms with van der Waals surface area (Å²) in [5, 5.41) is 6.29. The van der Waals surface area contributed by atoms with E-state index in [1.807, 2.05) is 45.0 Å². The molecule has 2 heterocycles. The highest BCUT2D eigenvalue weighted by Crippen LogP contribution is 2.24. The highest BCUT2D eigenvalue weighted by Gasteiger charge is 2.16. The van der Waals surface area contributed by atoms with Crippen LogP contribution in [0.1, 0.15) is 47.5 Å². The Kier molecular flexibility index (Phi) is 4.71. The fourth-order valence-electron chi connectivity index (χ4n) is 1.96. The second-order valence-electron chi connectivity index (χ2n) is 5.68. The quantitative estimate of drug-likeness (QED) is 0.652. The lowest BCUT2D eigenvalue weighted by molar-refractivity contribution is 0.0424. The Balaban J connectivity index is 1.64. The summed E-state index contributed by atoms with van der Waals surface area (Å²) in [7, 11) is 0. The van der Waals surface area contributed by atoms with Gasteiger partial charge >= 0.3 is 5.97 Å². The SMILES string of the molecule is Cc1ccc(-c2nc(C(=O)OCc3nc(C(C)C)no3)cs2)cc1. The average Bonchev–Trinajstić information content (AvgIpc) is 3.23. The molecule has 0 unspecified atom stereocenters. The molecule has 0 spiro atoms. The molecule has 0 aliphatic carbocycles. The van der Waals surface area contributed by atoms with E-state index in [1.54, 1.807) is 5.38 Å². The first-order valence-electron chi connectivity index (χ1n) is 7.55. The van der Waals surface area contributed by atoms with Gasteiger partial charge in [0.25, 0.3) is 5.89 Å². The van der Waals surface area contributed by atoms with Crippen molar-refractivity contribution in [1.29, 1.82) is 0 Å². The standard InChI is InChI=1S/C17H17N3O3S/c1-10(2)15-19-14(23-20-15)8-22-17(21)13-9-24-16(18-13)12-6-4-11(3)5-7-12/h4-7,9-10H,8H2,1-3H3. The zero-order valence-corrected chi connectivity index (χ0v) is 14.5. The Morgan fingerprint density at radius 1 is 1.25 bits per heavy atom. The molecule has 3 aromatic rings. The van der Waals surface area contributed by atoms with Crippen LogP contribution in [0.3, 0.4) is 0 Å². The molecule has 0 aliphatic heterocycles. The smallest absolute Gasteiger partial charge is 0.358 e. The van der Waals surface area contributed by atoms with Crippen LogP contribution in [0, 0.1) is 6.92 Å². The van der Waals surface area contributed by atoms with Gasteiger partial charge in [0.05, 0.1) is 0 Å². The van der Waals surface area contributed by atoms with Crippen LogP contribution < -0.4 is 0 Å². The number of aromatic nitrogens is 3. The highest BCUT2D eigenvalue weighted by molar-refractivity contribution is 7.13. The van der Waals surface area contributed by atoms with Crippen LogP contribution in [0.4, 0.5) is 0 Å². The number of aryl methyl sites for hydroxylation is 1. The van der Waals surface area contributed by atoms with Gasteiger partial charge in [-0.3, -0.25) is 0 Å². The van der Waals surface area contributed by atoms with Gasteiger partial charge in [-0.25, -0.2) is 9.78 Å². The summed E-state index contributed by atoms with van der Waals surface area (Å²) in [6.07, 6.45) is 0. The maximum atomic E-state index is 12.1. The Hall–Kier alpha value is -2.54. The number of carbonyl (C=O) groups is 1. The van der Waals surface area contributed by atoms with Crippen molar-refractivity contribution >= 4 is 17.3 Å². The fourth-order valence-corrected chi connectivity index (χ4v) is 2.75. The molecule has 0 amide bonds. The van der Waals surface area contributed by atoms with Gasteiger partial charge in [-0.2, -0.15) is 4.98 Å². The maximum absolute atomic E-state index is 12.1. The van der Waals surface area contributed by atoms with E-state index in [4.69, 9.17) is 9.26 Å². The van der Waals surface area contributed by atoms with E-state index in [9.17, 15) is 4.79 Å². The Bertz CT molecular complexity index is 837. The van der Waals surface area contributed by atoms with Crippen molar-refractivity contribution in [1.82, 2.24) is 15.1 Å². The van der Waals surface area contributed by atoms with E-state index < -0.39 is 5.97 Å². The number of carbonyl (C=O) groups excluding carboxylic acids is 1. The molecule has 7 heteroatoms. The molecule has 124 valence electrons. The van der Waals surface area contributed by atoms with E-state index in [-0.39, 0.29) is 24.1 Å². The van der Waals surface area contributed by atoms with Gasteiger partial charge in [0.1, 0.15) is 5.01 Å². The molecule has 0 N–H and O–H groups in total. The van der Waals surface area contributed by atoms with Crippen molar-refractivity contribution in [3.05, 3.63) is 52.6 Å². The Morgan fingerprint density at radius 3 is 2.67 bits per heavy atom. The molecule has 0 bridgehead atoms. The van der Waals surface area contributed by atoms with Crippen LogP contribution in [0.2, 0.25) is 0 Å². The zero-order valence-electron chi connectivity index (χ0n) is 13.6. The number of benzene rings is 1. The first kappa shape index (κ1) is 16.3. The second kappa shape index (κ2) is 6.92. The van der Waals surface area contributed by atoms with Crippen molar-refractivity contribution < 1.29 is 14.1 Å². The largest absolute Gasteiger partial charge is 0.451 e. The number of rotatable bonds is 5. The third-order valence-electron chi connectivity index (χ3n) is 3.34. The monoisotopic (exact) mass is 343 g/mol. The van der Waals surface area contributed by atoms with Crippen molar-refractivity contribution in [3.8, 4) is 10.6 Å². The number of hydrogen-bond donors (Lipinski definition) is 0. The molecular weight excluding hydrogens is 326 g/mol. The molecule has 0 radical (unpaired) electrons. The lowest BCUT2D eigenvalue weighted by Gasteiger charge is -1.99. The molecule has 0 atom stereocenters. The van der Waals surface area contributed by atoms with Gasteiger partial charge in [0.15, 0.2) is 18.1 Å². The summed E-state index contributed by atoms with van der Waals surface area (Å²) in [5.74, 6) is 0.528. The number of hydrogen-bond acceptors (Lipinski definition) is 7. The van der Waals surface area contributed by atoms with E-state index in [1.165, 1.54) is 16.9 Å². The number of thiazole rings is 1. The summed E-state index contributed by atoms with van der Waals surface area (Å²) in [4.78, 5) is 20.6. The van der Waals surface area contributed by atoms with Gasteiger partial charge in [-0.1, -0.05) is 48.8 Å². The maximum Gasteiger partial charge on any atom is 0.358 e. The Morgan fingerprint density at radius 2 is 2.00 bits per heavy atom. The summed E-state index contributed by atoms with van der Waals surface area (Å²) in [6, 6.07) is 7.98. The minimum absolute atomic E-state index is 0.0596. The first-order valence-corrected chi connectivity index (χ1v) is 8.43. The summed E-state index contributed by atoms with van der Waals surface area (Å²) in [5.41, 5.74) is 2.43. The van der Waals surface area contributed by atoms with E-state index in [0.717, 1.165) is 10.6 Å². The van der Waals surface area contributed by atoms with Crippen LogP contribution in [0.15, 0.2) is 34.2 Å². The van der Waals surface area contributed by atoms with Gasteiger partial charge in [0.2, 0.25) is 0 Å². The minimum Gasteiger partial charge on any atom is -0.451 e. The number of ether oxygens (including phenoxy) is 1. The fraction of sp³-hybridized carbons (Fsp3) is 0.294. The number of nitrogens with zero attached hydrogens (tertiary/aromatic N) is 3. The summed E-state index contributed by atoms with van der Waals surface area (Å²) >= 11 is 1.40. The molecule has 6 nitrogen and oxygen atoms in total.